The van der Waals surface area contributed by atoms with E-state index in [1.54, 1.807) is 42.5 Å². The molecule has 9 heteroatoms. The van der Waals surface area contributed by atoms with Gasteiger partial charge in [0.25, 0.3) is 0 Å². The summed E-state index contributed by atoms with van der Waals surface area (Å²) in [7, 11) is 1.31. The van der Waals surface area contributed by atoms with Crippen molar-refractivity contribution in [3.8, 4) is 23.0 Å². The van der Waals surface area contributed by atoms with Crippen molar-refractivity contribution in [2.24, 2.45) is 0 Å². The largest absolute Gasteiger partial charge is 0.489 e. The number of ether oxygens (including phenoxy) is 5. The van der Waals surface area contributed by atoms with Gasteiger partial charge in [0.05, 0.1) is 24.7 Å². The Morgan fingerprint density at radius 3 is 2.66 bits per heavy atom. The summed E-state index contributed by atoms with van der Waals surface area (Å²) in [4.78, 5) is 24.5. The van der Waals surface area contributed by atoms with E-state index in [-0.39, 0.29) is 24.6 Å². The van der Waals surface area contributed by atoms with Crippen LogP contribution in [0.25, 0.3) is 11.0 Å². The quantitative estimate of drug-likeness (QED) is 0.293. The van der Waals surface area contributed by atoms with Crippen LogP contribution in [0.3, 0.4) is 0 Å². The van der Waals surface area contributed by atoms with Crippen molar-refractivity contribution >= 4 is 32.9 Å². The lowest BCUT2D eigenvalue weighted by Crippen LogP contribution is -2.14. The van der Waals surface area contributed by atoms with Crippen LogP contribution in [0.4, 0.5) is 0 Å². The fourth-order valence-corrected chi connectivity index (χ4v) is 4.23. The van der Waals surface area contributed by atoms with E-state index in [1.165, 1.54) is 13.4 Å². The number of halogens is 1. The number of fused-ring (bicyclic) bond motifs is 2. The van der Waals surface area contributed by atoms with Gasteiger partial charge in [-0.15, -0.1) is 0 Å². The van der Waals surface area contributed by atoms with Crippen LogP contribution in [0.15, 0.2) is 74.5 Å². The standard InChI is InChI=1S/C26H19BrO8/c1-30-26(29)15-2-4-19(5-3-15)35-23-13-33-22-10-20(6-7-21(22)24(23)28)32-12-17-9-18(27)8-16-11-31-14-34-25(16)17/h2-10,13H,11-12,14H2,1H3. The van der Waals surface area contributed by atoms with Gasteiger partial charge in [0.15, 0.2) is 6.79 Å². The fraction of sp³-hybridized carbons (Fsp3) is 0.154. The van der Waals surface area contributed by atoms with Crippen LogP contribution in [0.5, 0.6) is 23.0 Å². The van der Waals surface area contributed by atoms with Crippen LogP contribution in [-0.2, 0) is 22.7 Å². The van der Waals surface area contributed by atoms with Gasteiger partial charge in [0.2, 0.25) is 11.2 Å². The Balaban J connectivity index is 1.34. The summed E-state index contributed by atoms with van der Waals surface area (Å²) in [5.74, 6) is 1.24. The lowest BCUT2D eigenvalue weighted by atomic mass is 10.1. The second-order valence-electron chi connectivity index (χ2n) is 7.66. The normalized spacial score (nSPS) is 12.5. The third kappa shape index (κ3) is 4.87. The summed E-state index contributed by atoms with van der Waals surface area (Å²) in [5.41, 5.74) is 2.23. The number of esters is 1. The van der Waals surface area contributed by atoms with Crippen LogP contribution >= 0.6 is 15.9 Å². The summed E-state index contributed by atoms with van der Waals surface area (Å²) < 4.78 is 33.8. The molecule has 0 unspecified atom stereocenters. The number of methoxy groups -OCH3 is 1. The molecular formula is C26H19BrO8. The summed E-state index contributed by atoms with van der Waals surface area (Å²) in [5, 5.41) is 0.348. The lowest BCUT2D eigenvalue weighted by molar-refractivity contribution is -0.0176. The molecule has 178 valence electrons. The Bertz CT molecular complexity index is 1460. The molecule has 2 heterocycles. The van der Waals surface area contributed by atoms with Gasteiger partial charge < -0.3 is 28.1 Å². The van der Waals surface area contributed by atoms with Gasteiger partial charge in [-0.3, -0.25) is 4.79 Å². The van der Waals surface area contributed by atoms with E-state index in [4.69, 9.17) is 23.4 Å². The van der Waals surface area contributed by atoms with Gasteiger partial charge >= 0.3 is 5.97 Å². The zero-order valence-corrected chi connectivity index (χ0v) is 20.1. The molecular weight excluding hydrogens is 520 g/mol. The maximum absolute atomic E-state index is 12.9. The lowest BCUT2D eigenvalue weighted by Gasteiger charge is -2.21. The average molecular weight is 539 g/mol. The van der Waals surface area contributed by atoms with Crippen molar-refractivity contribution in [2.75, 3.05) is 13.9 Å². The molecule has 4 aromatic rings. The van der Waals surface area contributed by atoms with Crippen molar-refractivity contribution in [1.82, 2.24) is 0 Å². The summed E-state index contributed by atoms with van der Waals surface area (Å²) >= 11 is 3.50. The first-order valence-corrected chi connectivity index (χ1v) is 11.4. The fourth-order valence-electron chi connectivity index (χ4n) is 3.68. The number of rotatable bonds is 6. The maximum atomic E-state index is 12.9. The van der Waals surface area contributed by atoms with Gasteiger partial charge in [-0.2, -0.15) is 0 Å². The molecule has 1 aliphatic rings. The third-order valence-corrected chi connectivity index (χ3v) is 5.82. The van der Waals surface area contributed by atoms with E-state index in [9.17, 15) is 9.59 Å². The van der Waals surface area contributed by atoms with Crippen molar-refractivity contribution < 1.29 is 32.9 Å². The third-order valence-electron chi connectivity index (χ3n) is 5.36. The highest BCUT2D eigenvalue weighted by molar-refractivity contribution is 9.10. The van der Waals surface area contributed by atoms with Crippen LogP contribution in [-0.4, -0.2) is 19.9 Å². The summed E-state index contributed by atoms with van der Waals surface area (Å²) in [6.45, 7) is 0.936. The first-order chi connectivity index (χ1) is 17.0. The molecule has 0 spiro atoms. The molecule has 0 amide bonds. The number of carbonyl (C=O) groups excluding carboxylic acids is 1. The molecule has 0 bridgehead atoms. The van der Waals surface area contributed by atoms with Gasteiger partial charge in [-0.05, 0) is 48.5 Å². The molecule has 1 aliphatic heterocycles. The van der Waals surface area contributed by atoms with Crippen LogP contribution < -0.4 is 19.6 Å². The number of hydrogen-bond acceptors (Lipinski definition) is 8. The molecule has 0 radical (unpaired) electrons. The van der Waals surface area contributed by atoms with E-state index in [1.807, 2.05) is 12.1 Å². The molecule has 0 aliphatic carbocycles. The number of hydrogen-bond donors (Lipinski definition) is 0. The smallest absolute Gasteiger partial charge is 0.337 e. The SMILES string of the molecule is COC(=O)c1ccc(Oc2coc3cc(OCc4cc(Br)cc5c4OCOC5)ccc3c2=O)cc1. The van der Waals surface area contributed by atoms with Gasteiger partial charge in [0.1, 0.15) is 35.7 Å². The molecule has 0 atom stereocenters. The van der Waals surface area contributed by atoms with Crippen molar-refractivity contribution in [2.45, 2.75) is 13.2 Å². The highest BCUT2D eigenvalue weighted by Gasteiger charge is 2.17. The Kier molecular flexibility index (Phi) is 6.43. The maximum Gasteiger partial charge on any atom is 0.337 e. The second kappa shape index (κ2) is 9.81. The van der Waals surface area contributed by atoms with Crippen molar-refractivity contribution in [1.29, 1.82) is 0 Å². The van der Waals surface area contributed by atoms with Crippen molar-refractivity contribution in [3.05, 3.63) is 92.2 Å². The zero-order valence-electron chi connectivity index (χ0n) is 18.5. The number of carbonyl (C=O) groups is 1. The van der Waals surface area contributed by atoms with Crippen LogP contribution in [0.1, 0.15) is 21.5 Å². The Labute approximate surface area is 208 Å². The molecule has 0 N–H and O–H groups in total. The number of benzene rings is 3. The van der Waals surface area contributed by atoms with Crippen molar-refractivity contribution in [3.63, 3.8) is 0 Å². The molecule has 5 rings (SSSR count). The average Bonchev–Trinajstić information content (AvgIpc) is 2.88. The van der Waals surface area contributed by atoms with E-state index >= 15 is 0 Å². The molecule has 0 fully saturated rings. The van der Waals surface area contributed by atoms with E-state index in [0.29, 0.717) is 34.6 Å². The predicted molar refractivity (Wildman–Crippen MR) is 129 cm³/mol. The molecule has 0 saturated heterocycles. The monoisotopic (exact) mass is 538 g/mol. The Morgan fingerprint density at radius 1 is 1.06 bits per heavy atom. The first-order valence-electron chi connectivity index (χ1n) is 10.6. The van der Waals surface area contributed by atoms with Gasteiger partial charge in [-0.25, -0.2) is 4.79 Å². The minimum atomic E-state index is -0.457. The molecule has 0 saturated carbocycles. The summed E-state index contributed by atoms with van der Waals surface area (Å²) in [6, 6.07) is 15.1. The summed E-state index contributed by atoms with van der Waals surface area (Å²) in [6.07, 6.45) is 1.25. The Morgan fingerprint density at radius 2 is 1.86 bits per heavy atom. The van der Waals surface area contributed by atoms with E-state index in [2.05, 4.69) is 20.7 Å². The van der Waals surface area contributed by atoms with E-state index in [0.717, 1.165) is 21.3 Å². The predicted octanol–water partition coefficient (Wildman–Crippen LogP) is 5.58. The zero-order chi connectivity index (χ0) is 24.4. The van der Waals surface area contributed by atoms with Gasteiger partial charge in [0, 0.05) is 21.7 Å². The molecule has 35 heavy (non-hydrogen) atoms. The van der Waals surface area contributed by atoms with Gasteiger partial charge in [-0.1, -0.05) is 15.9 Å². The Hall–Kier alpha value is -3.82. The first kappa shape index (κ1) is 22.9. The minimum absolute atomic E-state index is 0.0251. The molecule has 1 aromatic heterocycles. The van der Waals surface area contributed by atoms with Crippen LogP contribution in [0.2, 0.25) is 0 Å². The second-order valence-corrected chi connectivity index (χ2v) is 8.57. The topological polar surface area (TPSA) is 93.4 Å². The molecule has 8 nitrogen and oxygen atoms in total. The van der Waals surface area contributed by atoms with Crippen LogP contribution in [0, 0.1) is 0 Å². The highest BCUT2D eigenvalue weighted by Crippen LogP contribution is 2.33. The highest BCUT2D eigenvalue weighted by atomic mass is 79.9. The minimum Gasteiger partial charge on any atom is -0.489 e. The van der Waals surface area contributed by atoms with E-state index < -0.39 is 5.97 Å². The molecule has 3 aromatic carbocycles.